The van der Waals surface area contributed by atoms with E-state index in [1.807, 2.05) is 26.0 Å². The van der Waals surface area contributed by atoms with Gasteiger partial charge in [0, 0.05) is 17.9 Å². The molecule has 1 unspecified atom stereocenters. The molecule has 6 nitrogen and oxygen atoms in total. The molecule has 134 valence electrons. The summed E-state index contributed by atoms with van der Waals surface area (Å²) in [6.45, 7) is 4.67. The Hall–Kier alpha value is -2.25. The molecular formula is C18H23FN4O2. The Morgan fingerprint density at radius 1 is 1.44 bits per heavy atom. The van der Waals surface area contributed by atoms with E-state index in [-0.39, 0.29) is 17.7 Å². The molecule has 0 aliphatic carbocycles. The highest BCUT2D eigenvalue weighted by molar-refractivity contribution is 6.47. The number of nitrogens with two attached hydrogens (primary N) is 1. The van der Waals surface area contributed by atoms with Crippen LogP contribution in [0.4, 0.5) is 10.1 Å². The van der Waals surface area contributed by atoms with Gasteiger partial charge in [-0.15, -0.1) is 0 Å². The smallest absolute Gasteiger partial charge is 0.276 e. The van der Waals surface area contributed by atoms with E-state index in [4.69, 9.17) is 15.9 Å². The van der Waals surface area contributed by atoms with E-state index in [0.29, 0.717) is 24.3 Å². The molecule has 0 bridgehead atoms. The van der Waals surface area contributed by atoms with Crippen molar-refractivity contribution in [3.63, 3.8) is 0 Å². The lowest BCUT2D eigenvalue weighted by atomic mass is 9.86. The number of ether oxygens (including phenoxy) is 1. The molecule has 3 rings (SSSR count). The second-order valence-electron chi connectivity index (χ2n) is 6.92. The van der Waals surface area contributed by atoms with Crippen LogP contribution in [-0.4, -0.2) is 30.3 Å². The van der Waals surface area contributed by atoms with Crippen LogP contribution in [0.15, 0.2) is 35.8 Å². The monoisotopic (exact) mass is 346 g/mol. The number of hydrogen-bond donors (Lipinski definition) is 4. The number of rotatable bonds is 6. The molecule has 2 saturated heterocycles. The van der Waals surface area contributed by atoms with Crippen molar-refractivity contribution in [3.05, 3.63) is 41.4 Å². The number of carbonyl (C=O) groups excluding carboxylic acids is 1. The first-order chi connectivity index (χ1) is 11.9. The minimum Gasteiger partial charge on any atom is -0.400 e. The van der Waals surface area contributed by atoms with Gasteiger partial charge < -0.3 is 21.1 Å². The van der Waals surface area contributed by atoms with Crippen molar-refractivity contribution >= 4 is 17.3 Å². The molecule has 2 fully saturated rings. The van der Waals surface area contributed by atoms with Gasteiger partial charge in [-0.1, -0.05) is 26.0 Å². The maximum Gasteiger partial charge on any atom is 0.276 e. The maximum atomic E-state index is 14.1. The summed E-state index contributed by atoms with van der Waals surface area (Å²) >= 11 is 0. The van der Waals surface area contributed by atoms with Gasteiger partial charge in [0.05, 0.1) is 12.1 Å². The van der Waals surface area contributed by atoms with Crippen molar-refractivity contribution in [2.45, 2.75) is 38.5 Å². The molecule has 0 radical (unpaired) electrons. The number of fused-ring (bicyclic) bond motifs is 1. The summed E-state index contributed by atoms with van der Waals surface area (Å²) in [5.41, 5.74) is 6.30. The van der Waals surface area contributed by atoms with Gasteiger partial charge in [-0.05, 0) is 30.0 Å². The fourth-order valence-corrected chi connectivity index (χ4v) is 2.99. The number of allylic oxidation sites excluding steroid dienone is 1. The highest BCUT2D eigenvalue weighted by Crippen LogP contribution is 2.39. The van der Waals surface area contributed by atoms with Crippen molar-refractivity contribution in [3.8, 4) is 0 Å². The van der Waals surface area contributed by atoms with Gasteiger partial charge in [-0.2, -0.15) is 0 Å². The molecule has 0 aromatic heterocycles. The minimum absolute atomic E-state index is 0.0398. The normalized spacial score (nSPS) is 25.4. The summed E-state index contributed by atoms with van der Waals surface area (Å²) in [5, 5.41) is 13.5. The Kier molecular flexibility index (Phi) is 4.87. The highest BCUT2D eigenvalue weighted by Gasteiger charge is 2.49. The van der Waals surface area contributed by atoms with Crippen molar-refractivity contribution < 1.29 is 13.9 Å². The number of benzene rings is 1. The molecular weight excluding hydrogens is 323 g/mol. The predicted octanol–water partition coefficient (Wildman–Crippen LogP) is 2.24. The topological polar surface area (TPSA) is 100 Å². The molecule has 25 heavy (non-hydrogen) atoms. The molecule has 0 spiro atoms. The zero-order valence-electron chi connectivity index (χ0n) is 14.3. The molecule has 3 atom stereocenters. The van der Waals surface area contributed by atoms with Crippen LogP contribution in [0.5, 0.6) is 0 Å². The van der Waals surface area contributed by atoms with E-state index in [1.165, 1.54) is 0 Å². The lowest BCUT2D eigenvalue weighted by Gasteiger charge is -2.53. The Morgan fingerprint density at radius 2 is 2.12 bits per heavy atom. The third-order valence-corrected chi connectivity index (χ3v) is 4.46. The zero-order chi connectivity index (χ0) is 18.1. The van der Waals surface area contributed by atoms with Gasteiger partial charge in [0.15, 0.2) is 11.5 Å². The number of carbonyl (C=O) groups is 1. The van der Waals surface area contributed by atoms with Gasteiger partial charge in [0.2, 0.25) is 0 Å². The maximum absolute atomic E-state index is 14.1. The van der Waals surface area contributed by atoms with Crippen LogP contribution < -0.4 is 16.4 Å². The van der Waals surface area contributed by atoms with Crippen molar-refractivity contribution in [2.24, 2.45) is 11.7 Å². The van der Waals surface area contributed by atoms with Crippen LogP contribution in [0.25, 0.3) is 0 Å². The summed E-state index contributed by atoms with van der Waals surface area (Å²) in [6.07, 6.45) is 0.655. The van der Waals surface area contributed by atoms with E-state index in [2.05, 4.69) is 10.6 Å². The molecule has 0 saturated carbocycles. The van der Waals surface area contributed by atoms with Crippen LogP contribution in [0.2, 0.25) is 0 Å². The van der Waals surface area contributed by atoms with Crippen LogP contribution in [0.1, 0.15) is 31.9 Å². The Labute approximate surface area is 146 Å². The Bertz CT molecular complexity index is 714. The number of amides is 1. The van der Waals surface area contributed by atoms with Crippen molar-refractivity contribution in [2.75, 3.05) is 11.9 Å². The molecule has 7 heteroatoms. The molecule has 2 aliphatic heterocycles. The lowest BCUT2D eigenvalue weighted by Crippen LogP contribution is -2.69. The Morgan fingerprint density at radius 3 is 2.60 bits per heavy atom. The van der Waals surface area contributed by atoms with Gasteiger partial charge in [-0.3, -0.25) is 10.2 Å². The van der Waals surface area contributed by atoms with E-state index < -0.39 is 17.4 Å². The first kappa shape index (κ1) is 17.6. The van der Waals surface area contributed by atoms with Crippen molar-refractivity contribution in [1.82, 2.24) is 5.32 Å². The average Bonchev–Trinajstić information content (AvgIpc) is 2.56. The molecule has 2 heterocycles. The predicted molar refractivity (Wildman–Crippen MR) is 94.0 cm³/mol. The number of morpholine rings is 1. The summed E-state index contributed by atoms with van der Waals surface area (Å²) < 4.78 is 19.8. The second kappa shape index (κ2) is 6.93. The summed E-state index contributed by atoms with van der Waals surface area (Å²) in [5.74, 6) is -1.64. The van der Waals surface area contributed by atoms with Crippen LogP contribution in [-0.2, 0) is 9.53 Å². The number of nitrogens with one attached hydrogen (secondary N) is 3. The third kappa shape index (κ3) is 3.57. The van der Waals surface area contributed by atoms with E-state index in [9.17, 15) is 9.18 Å². The highest BCUT2D eigenvalue weighted by atomic mass is 19.1. The molecule has 2 aliphatic rings. The van der Waals surface area contributed by atoms with Gasteiger partial charge in [-0.25, -0.2) is 4.39 Å². The quantitative estimate of drug-likeness (QED) is 0.594. The van der Waals surface area contributed by atoms with Gasteiger partial charge in [0.25, 0.3) is 5.91 Å². The second-order valence-corrected chi connectivity index (χ2v) is 6.92. The van der Waals surface area contributed by atoms with Gasteiger partial charge in [0.1, 0.15) is 6.10 Å². The fraction of sp³-hybridized carbons (Fsp3) is 0.444. The van der Waals surface area contributed by atoms with E-state index in [1.54, 1.807) is 12.1 Å². The van der Waals surface area contributed by atoms with Gasteiger partial charge >= 0.3 is 0 Å². The largest absolute Gasteiger partial charge is 0.400 e. The van der Waals surface area contributed by atoms with Crippen LogP contribution in [0, 0.1) is 11.3 Å². The third-order valence-electron chi connectivity index (χ3n) is 4.46. The summed E-state index contributed by atoms with van der Waals surface area (Å²) in [6, 6.07) is 7.53. The number of halogens is 1. The zero-order valence-corrected chi connectivity index (χ0v) is 14.3. The average molecular weight is 346 g/mol. The van der Waals surface area contributed by atoms with E-state index >= 15 is 0 Å². The molecule has 5 N–H and O–H groups in total. The standard InChI is InChI=1S/C18H23FN4O2/c1-9(2)7-12(20)14(19)15(21)18(24)23-11-5-3-10(4-6-11)17-16-13(25-17)8-22-16/h3-6,9,13,16-17,21-22H,7-8,20H2,1-2H3,(H,23,24)/t13?,16-,17+/m1/s1. The van der Waals surface area contributed by atoms with Crippen molar-refractivity contribution in [1.29, 1.82) is 5.41 Å². The molecule has 1 aromatic rings. The SMILES string of the molecule is CC(C)CC(N)=C(F)C(=N)C(=O)Nc1ccc([C@@H]2OC3CN[C@H]32)cc1. The Balaban J connectivity index is 1.59. The summed E-state index contributed by atoms with van der Waals surface area (Å²) in [7, 11) is 0. The number of anilines is 1. The first-order valence-corrected chi connectivity index (χ1v) is 8.40. The minimum atomic E-state index is -0.965. The molecule has 1 aromatic carbocycles. The van der Waals surface area contributed by atoms with Crippen LogP contribution >= 0.6 is 0 Å². The molecule has 1 amide bonds. The number of hydrogen-bond acceptors (Lipinski definition) is 5. The van der Waals surface area contributed by atoms with E-state index in [0.717, 1.165) is 12.1 Å². The fourth-order valence-electron chi connectivity index (χ4n) is 2.99. The first-order valence-electron chi connectivity index (χ1n) is 8.40. The lowest BCUT2D eigenvalue weighted by molar-refractivity contribution is -0.203. The van der Waals surface area contributed by atoms with Crippen LogP contribution in [0.3, 0.4) is 0 Å². The summed E-state index contributed by atoms with van der Waals surface area (Å²) in [4.78, 5) is 12.0.